The van der Waals surface area contributed by atoms with Crippen molar-refractivity contribution in [2.24, 2.45) is 5.73 Å². The Balaban J connectivity index is 2.48. The van der Waals surface area contributed by atoms with Crippen molar-refractivity contribution < 1.29 is 4.74 Å². The molecule has 0 fully saturated rings. The molecule has 0 saturated carbocycles. The highest BCUT2D eigenvalue weighted by Crippen LogP contribution is 2.14. The molecule has 0 amide bonds. The van der Waals surface area contributed by atoms with Gasteiger partial charge in [0.15, 0.2) is 0 Å². The molecule has 15 heavy (non-hydrogen) atoms. The van der Waals surface area contributed by atoms with Crippen molar-refractivity contribution in [1.82, 2.24) is 0 Å². The normalized spacial score (nSPS) is 12.5. The van der Waals surface area contributed by atoms with Crippen LogP contribution < -0.4 is 10.5 Å². The van der Waals surface area contributed by atoms with Crippen molar-refractivity contribution in [1.29, 1.82) is 0 Å². The molecule has 1 aromatic carbocycles. The van der Waals surface area contributed by atoms with Gasteiger partial charge in [0.25, 0.3) is 0 Å². The minimum atomic E-state index is 0.238. The second-order valence-electron chi connectivity index (χ2n) is 3.48. The Labute approximate surface area is 96.2 Å². The van der Waals surface area contributed by atoms with Gasteiger partial charge in [0.2, 0.25) is 0 Å². The Morgan fingerprint density at radius 1 is 1.47 bits per heavy atom. The smallest absolute Gasteiger partial charge is 0.119 e. The first-order valence-electron chi connectivity index (χ1n) is 5.22. The standard InChI is InChI=1S/C12H19NOS/c1-3-15-9-11(13)7-10-5-4-6-12(8-10)14-2/h4-6,8,11H,3,7,9,13H2,1-2H3. The van der Waals surface area contributed by atoms with Gasteiger partial charge in [-0.05, 0) is 29.9 Å². The lowest BCUT2D eigenvalue weighted by atomic mass is 10.1. The van der Waals surface area contributed by atoms with Crippen LogP contribution in [0, 0.1) is 0 Å². The van der Waals surface area contributed by atoms with Crippen molar-refractivity contribution in [2.75, 3.05) is 18.6 Å². The van der Waals surface area contributed by atoms with Crippen LogP contribution in [0.2, 0.25) is 0 Å². The molecule has 84 valence electrons. The van der Waals surface area contributed by atoms with Gasteiger partial charge >= 0.3 is 0 Å². The zero-order valence-corrected chi connectivity index (χ0v) is 10.2. The van der Waals surface area contributed by atoms with E-state index in [2.05, 4.69) is 19.1 Å². The predicted octanol–water partition coefficient (Wildman–Crippen LogP) is 2.32. The van der Waals surface area contributed by atoms with Crippen LogP contribution in [-0.4, -0.2) is 24.7 Å². The lowest BCUT2D eigenvalue weighted by molar-refractivity contribution is 0.414. The van der Waals surface area contributed by atoms with Crippen LogP contribution in [0.3, 0.4) is 0 Å². The highest BCUT2D eigenvalue weighted by atomic mass is 32.2. The highest BCUT2D eigenvalue weighted by Gasteiger charge is 2.04. The summed E-state index contributed by atoms with van der Waals surface area (Å²) in [4.78, 5) is 0. The molecule has 2 N–H and O–H groups in total. The summed E-state index contributed by atoms with van der Waals surface area (Å²) in [7, 11) is 1.69. The number of hydrogen-bond donors (Lipinski definition) is 1. The number of methoxy groups -OCH3 is 1. The first kappa shape index (κ1) is 12.4. The van der Waals surface area contributed by atoms with E-state index in [0.717, 1.165) is 23.7 Å². The molecule has 0 aliphatic carbocycles. The Morgan fingerprint density at radius 3 is 2.93 bits per heavy atom. The molecule has 0 saturated heterocycles. The predicted molar refractivity (Wildman–Crippen MR) is 67.7 cm³/mol. The molecule has 0 aliphatic rings. The molecule has 0 spiro atoms. The fourth-order valence-corrected chi connectivity index (χ4v) is 2.09. The van der Waals surface area contributed by atoms with Gasteiger partial charge in [-0.3, -0.25) is 0 Å². The van der Waals surface area contributed by atoms with Crippen LogP contribution in [-0.2, 0) is 6.42 Å². The lowest BCUT2D eigenvalue weighted by Gasteiger charge is -2.11. The molecule has 0 heterocycles. The third-order valence-electron chi connectivity index (χ3n) is 2.17. The van der Waals surface area contributed by atoms with Crippen LogP contribution in [0.5, 0.6) is 5.75 Å². The first-order valence-corrected chi connectivity index (χ1v) is 6.38. The maximum atomic E-state index is 6.02. The molecule has 3 heteroatoms. The maximum absolute atomic E-state index is 6.02. The van der Waals surface area contributed by atoms with Crippen LogP contribution in [0.4, 0.5) is 0 Å². The van der Waals surface area contributed by atoms with Crippen molar-refractivity contribution in [2.45, 2.75) is 19.4 Å². The molecule has 1 unspecified atom stereocenters. The first-order chi connectivity index (χ1) is 7.26. The van der Waals surface area contributed by atoms with Gasteiger partial charge < -0.3 is 10.5 Å². The summed E-state index contributed by atoms with van der Waals surface area (Å²) in [6.45, 7) is 2.16. The SMILES string of the molecule is CCSCC(N)Cc1cccc(OC)c1. The van der Waals surface area contributed by atoms with E-state index in [0.29, 0.717) is 0 Å². The van der Waals surface area contributed by atoms with E-state index in [-0.39, 0.29) is 6.04 Å². The van der Waals surface area contributed by atoms with Gasteiger partial charge in [0, 0.05) is 11.8 Å². The average molecular weight is 225 g/mol. The second-order valence-corrected chi connectivity index (χ2v) is 4.79. The summed E-state index contributed by atoms with van der Waals surface area (Å²) in [6.07, 6.45) is 0.921. The maximum Gasteiger partial charge on any atom is 0.119 e. The van der Waals surface area contributed by atoms with E-state index >= 15 is 0 Å². The quantitative estimate of drug-likeness (QED) is 0.807. The number of thioether (sulfide) groups is 1. The number of rotatable bonds is 6. The second kappa shape index (κ2) is 6.75. The van der Waals surface area contributed by atoms with Crippen LogP contribution in [0.15, 0.2) is 24.3 Å². The molecule has 0 radical (unpaired) electrons. The topological polar surface area (TPSA) is 35.2 Å². The van der Waals surface area contributed by atoms with Crippen molar-refractivity contribution in [3.63, 3.8) is 0 Å². The Morgan fingerprint density at radius 2 is 2.27 bits per heavy atom. The lowest BCUT2D eigenvalue weighted by Crippen LogP contribution is -2.25. The summed E-state index contributed by atoms with van der Waals surface area (Å²) >= 11 is 1.89. The van der Waals surface area contributed by atoms with E-state index < -0.39 is 0 Å². The van der Waals surface area contributed by atoms with Gasteiger partial charge in [0.05, 0.1) is 7.11 Å². The minimum Gasteiger partial charge on any atom is -0.497 e. The van der Waals surface area contributed by atoms with Gasteiger partial charge in [-0.1, -0.05) is 19.1 Å². The van der Waals surface area contributed by atoms with E-state index in [1.54, 1.807) is 7.11 Å². The monoisotopic (exact) mass is 225 g/mol. The molecule has 0 aromatic heterocycles. The molecule has 0 aliphatic heterocycles. The van der Waals surface area contributed by atoms with Gasteiger partial charge in [-0.25, -0.2) is 0 Å². The fraction of sp³-hybridized carbons (Fsp3) is 0.500. The number of nitrogens with two attached hydrogens (primary N) is 1. The molecular formula is C12H19NOS. The third kappa shape index (κ3) is 4.58. The summed E-state index contributed by atoms with van der Waals surface area (Å²) in [5, 5.41) is 0. The van der Waals surface area contributed by atoms with Crippen LogP contribution in [0.25, 0.3) is 0 Å². The van der Waals surface area contributed by atoms with E-state index in [4.69, 9.17) is 10.5 Å². The summed E-state index contributed by atoms with van der Waals surface area (Å²) < 4.78 is 5.17. The summed E-state index contributed by atoms with van der Waals surface area (Å²) in [5.74, 6) is 3.06. The third-order valence-corrected chi connectivity index (χ3v) is 3.24. The van der Waals surface area contributed by atoms with Gasteiger partial charge in [-0.2, -0.15) is 11.8 Å². The molecule has 2 nitrogen and oxygen atoms in total. The van der Waals surface area contributed by atoms with Crippen molar-refractivity contribution in [3.8, 4) is 5.75 Å². The Kier molecular flexibility index (Phi) is 5.58. The average Bonchev–Trinajstić information content (AvgIpc) is 2.26. The van der Waals surface area contributed by atoms with Crippen molar-refractivity contribution in [3.05, 3.63) is 29.8 Å². The number of hydrogen-bond acceptors (Lipinski definition) is 3. The van der Waals surface area contributed by atoms with E-state index in [9.17, 15) is 0 Å². The molecule has 1 rings (SSSR count). The summed E-state index contributed by atoms with van der Waals surface area (Å²) in [5.41, 5.74) is 7.27. The number of ether oxygens (including phenoxy) is 1. The zero-order valence-electron chi connectivity index (χ0n) is 9.40. The minimum absolute atomic E-state index is 0.238. The van der Waals surface area contributed by atoms with Crippen LogP contribution >= 0.6 is 11.8 Å². The Bertz CT molecular complexity index is 291. The number of benzene rings is 1. The molecule has 1 aromatic rings. The fourth-order valence-electron chi connectivity index (χ4n) is 1.43. The van der Waals surface area contributed by atoms with E-state index in [1.807, 2.05) is 23.9 Å². The zero-order chi connectivity index (χ0) is 11.1. The largest absolute Gasteiger partial charge is 0.497 e. The summed E-state index contributed by atoms with van der Waals surface area (Å²) in [6, 6.07) is 8.35. The van der Waals surface area contributed by atoms with E-state index in [1.165, 1.54) is 5.56 Å². The molecule has 1 atom stereocenters. The molecular weight excluding hydrogens is 206 g/mol. The van der Waals surface area contributed by atoms with Crippen molar-refractivity contribution >= 4 is 11.8 Å². The van der Waals surface area contributed by atoms with Gasteiger partial charge in [-0.15, -0.1) is 0 Å². The Hall–Kier alpha value is -0.670. The molecule has 0 bridgehead atoms. The highest BCUT2D eigenvalue weighted by molar-refractivity contribution is 7.99. The van der Waals surface area contributed by atoms with Gasteiger partial charge in [0.1, 0.15) is 5.75 Å². The van der Waals surface area contributed by atoms with Crippen LogP contribution in [0.1, 0.15) is 12.5 Å².